The molecule has 2 rings (SSSR count). The normalized spacial score (nSPS) is 11.3. The summed E-state index contributed by atoms with van der Waals surface area (Å²) in [4.78, 5) is 4.44. The van der Waals surface area contributed by atoms with Crippen LogP contribution in [0.25, 0.3) is 11.0 Å². The van der Waals surface area contributed by atoms with Crippen molar-refractivity contribution in [2.75, 3.05) is 5.43 Å². The Morgan fingerprint density at radius 1 is 1.40 bits per heavy atom. The second-order valence-electron chi connectivity index (χ2n) is 3.99. The van der Waals surface area contributed by atoms with Gasteiger partial charge in [-0.1, -0.05) is 12.1 Å². The molecule has 0 amide bonds. The lowest BCUT2D eigenvalue weighted by atomic mass is 10.2. The minimum Gasteiger partial charge on any atom is -0.306 e. The molecule has 0 aliphatic rings. The molecule has 0 radical (unpaired) electrons. The average molecular weight is 204 g/mol. The SMILES string of the molecule is Cc1cccc2nc(NN)n(C(C)C)c12. The molecule has 80 valence electrons. The number of nitrogens with two attached hydrogens (primary N) is 1. The molecule has 3 N–H and O–H groups in total. The molecule has 0 saturated carbocycles. The monoisotopic (exact) mass is 204 g/mol. The fourth-order valence-corrected chi connectivity index (χ4v) is 1.93. The van der Waals surface area contributed by atoms with Crippen LogP contribution < -0.4 is 11.3 Å². The standard InChI is InChI=1S/C11H16N4/c1-7(2)15-10-8(3)5-4-6-9(10)13-11(15)14-12/h4-7H,12H2,1-3H3,(H,13,14). The maximum absolute atomic E-state index is 5.47. The Balaban J connectivity index is 2.82. The molecule has 0 aliphatic heterocycles. The van der Waals surface area contributed by atoms with E-state index in [1.807, 2.05) is 12.1 Å². The number of benzene rings is 1. The van der Waals surface area contributed by atoms with E-state index in [1.54, 1.807) is 0 Å². The Bertz CT molecular complexity index is 485. The maximum atomic E-state index is 5.47. The highest BCUT2D eigenvalue weighted by Gasteiger charge is 2.13. The summed E-state index contributed by atoms with van der Waals surface area (Å²) >= 11 is 0. The van der Waals surface area contributed by atoms with Crippen molar-refractivity contribution in [3.8, 4) is 0 Å². The number of fused-ring (bicyclic) bond motifs is 1. The molecular formula is C11H16N4. The first-order valence-electron chi connectivity index (χ1n) is 5.09. The molecule has 1 heterocycles. The number of para-hydroxylation sites is 1. The smallest absolute Gasteiger partial charge is 0.218 e. The van der Waals surface area contributed by atoms with E-state index >= 15 is 0 Å². The number of nitrogens with one attached hydrogen (secondary N) is 1. The third kappa shape index (κ3) is 1.47. The first kappa shape index (κ1) is 9.98. The van der Waals surface area contributed by atoms with Crippen LogP contribution in [0.1, 0.15) is 25.5 Å². The number of rotatable bonds is 2. The predicted octanol–water partition coefficient (Wildman–Crippen LogP) is 2.21. The van der Waals surface area contributed by atoms with Crippen molar-refractivity contribution in [2.24, 2.45) is 5.84 Å². The zero-order valence-electron chi connectivity index (χ0n) is 9.28. The van der Waals surface area contributed by atoms with E-state index in [9.17, 15) is 0 Å². The molecule has 0 aliphatic carbocycles. The van der Waals surface area contributed by atoms with Crippen LogP contribution >= 0.6 is 0 Å². The number of hydrazine groups is 1. The summed E-state index contributed by atoms with van der Waals surface area (Å²) in [5.74, 6) is 6.19. The molecule has 4 nitrogen and oxygen atoms in total. The average Bonchev–Trinajstić information content (AvgIpc) is 2.57. The summed E-state index contributed by atoms with van der Waals surface area (Å²) in [6.45, 7) is 6.33. The third-order valence-corrected chi connectivity index (χ3v) is 2.56. The fourth-order valence-electron chi connectivity index (χ4n) is 1.93. The number of nitrogen functional groups attached to an aromatic ring is 1. The molecular weight excluding hydrogens is 188 g/mol. The molecule has 2 aromatic rings. The highest BCUT2D eigenvalue weighted by molar-refractivity contribution is 5.82. The van der Waals surface area contributed by atoms with Gasteiger partial charge in [-0.25, -0.2) is 10.8 Å². The van der Waals surface area contributed by atoms with Crippen molar-refractivity contribution in [3.05, 3.63) is 23.8 Å². The largest absolute Gasteiger partial charge is 0.306 e. The van der Waals surface area contributed by atoms with Crippen molar-refractivity contribution in [1.29, 1.82) is 0 Å². The van der Waals surface area contributed by atoms with E-state index in [-0.39, 0.29) is 0 Å². The number of nitrogens with zero attached hydrogens (tertiary/aromatic N) is 2. The molecule has 0 bridgehead atoms. The third-order valence-electron chi connectivity index (χ3n) is 2.56. The van der Waals surface area contributed by atoms with Gasteiger partial charge in [0.1, 0.15) is 0 Å². The maximum Gasteiger partial charge on any atom is 0.218 e. The second kappa shape index (κ2) is 3.55. The minimum absolute atomic E-state index is 0.335. The quantitative estimate of drug-likeness (QED) is 0.582. The van der Waals surface area contributed by atoms with Gasteiger partial charge >= 0.3 is 0 Å². The van der Waals surface area contributed by atoms with Crippen molar-refractivity contribution < 1.29 is 0 Å². The lowest BCUT2D eigenvalue weighted by Gasteiger charge is -2.13. The van der Waals surface area contributed by atoms with Crippen LogP contribution in [-0.2, 0) is 0 Å². The predicted molar refractivity (Wildman–Crippen MR) is 62.7 cm³/mol. The van der Waals surface area contributed by atoms with Gasteiger partial charge in [-0.2, -0.15) is 0 Å². The van der Waals surface area contributed by atoms with Gasteiger partial charge in [-0.05, 0) is 32.4 Å². The van der Waals surface area contributed by atoms with Crippen molar-refractivity contribution in [2.45, 2.75) is 26.8 Å². The van der Waals surface area contributed by atoms with Crippen molar-refractivity contribution in [3.63, 3.8) is 0 Å². The van der Waals surface area contributed by atoms with Gasteiger partial charge in [0.15, 0.2) is 0 Å². The van der Waals surface area contributed by atoms with Crippen molar-refractivity contribution in [1.82, 2.24) is 9.55 Å². The molecule has 4 heteroatoms. The fraction of sp³-hybridized carbons (Fsp3) is 0.364. The topological polar surface area (TPSA) is 55.9 Å². The van der Waals surface area contributed by atoms with Gasteiger partial charge in [-0.3, -0.25) is 5.43 Å². The highest BCUT2D eigenvalue weighted by atomic mass is 15.3. The van der Waals surface area contributed by atoms with E-state index in [4.69, 9.17) is 5.84 Å². The number of hydrogen-bond donors (Lipinski definition) is 2. The van der Waals surface area contributed by atoms with E-state index < -0.39 is 0 Å². The van der Waals surface area contributed by atoms with Gasteiger partial charge in [0.25, 0.3) is 0 Å². The number of aromatic nitrogens is 2. The summed E-state index contributed by atoms with van der Waals surface area (Å²) in [7, 11) is 0. The number of hydrogen-bond acceptors (Lipinski definition) is 3. The molecule has 15 heavy (non-hydrogen) atoms. The number of imidazole rings is 1. The summed E-state index contributed by atoms with van der Waals surface area (Å²) in [6.07, 6.45) is 0. The number of aryl methyl sites for hydroxylation is 1. The van der Waals surface area contributed by atoms with Crippen LogP contribution in [-0.4, -0.2) is 9.55 Å². The van der Waals surface area contributed by atoms with Crippen LogP contribution in [0.3, 0.4) is 0 Å². The summed E-state index contributed by atoms with van der Waals surface area (Å²) < 4.78 is 2.12. The second-order valence-corrected chi connectivity index (χ2v) is 3.99. The van der Waals surface area contributed by atoms with Crippen molar-refractivity contribution >= 4 is 17.0 Å². The van der Waals surface area contributed by atoms with E-state index in [2.05, 4.69) is 41.8 Å². The summed E-state index contributed by atoms with van der Waals surface area (Å²) in [5, 5.41) is 0. The molecule has 0 spiro atoms. The lowest BCUT2D eigenvalue weighted by Crippen LogP contribution is -2.14. The van der Waals surface area contributed by atoms with Gasteiger partial charge < -0.3 is 4.57 Å². The van der Waals surface area contributed by atoms with Gasteiger partial charge in [0, 0.05) is 6.04 Å². The summed E-state index contributed by atoms with van der Waals surface area (Å²) in [5.41, 5.74) is 6.00. The minimum atomic E-state index is 0.335. The Labute approximate surface area is 89.1 Å². The van der Waals surface area contributed by atoms with Gasteiger partial charge in [0.2, 0.25) is 5.95 Å². The zero-order chi connectivity index (χ0) is 11.0. The van der Waals surface area contributed by atoms with E-state index in [0.717, 1.165) is 11.0 Å². The van der Waals surface area contributed by atoms with Crippen LogP contribution in [0.2, 0.25) is 0 Å². The Morgan fingerprint density at radius 2 is 2.13 bits per heavy atom. The lowest BCUT2D eigenvalue weighted by molar-refractivity contribution is 0.622. The zero-order valence-corrected chi connectivity index (χ0v) is 9.28. The number of anilines is 1. The molecule has 0 atom stereocenters. The van der Waals surface area contributed by atoms with Gasteiger partial charge in [0.05, 0.1) is 11.0 Å². The molecule has 0 unspecified atom stereocenters. The van der Waals surface area contributed by atoms with Crippen LogP contribution in [0, 0.1) is 6.92 Å². The molecule has 0 fully saturated rings. The molecule has 0 saturated heterocycles. The van der Waals surface area contributed by atoms with Gasteiger partial charge in [-0.15, -0.1) is 0 Å². The van der Waals surface area contributed by atoms with Crippen LogP contribution in [0.4, 0.5) is 5.95 Å². The molecule has 1 aromatic carbocycles. The molecule has 1 aromatic heterocycles. The summed E-state index contributed by atoms with van der Waals surface area (Å²) in [6, 6.07) is 6.43. The first-order chi connectivity index (χ1) is 7.15. The Morgan fingerprint density at radius 3 is 2.73 bits per heavy atom. The highest BCUT2D eigenvalue weighted by Crippen LogP contribution is 2.26. The first-order valence-corrected chi connectivity index (χ1v) is 5.09. The van der Waals surface area contributed by atoms with E-state index in [1.165, 1.54) is 5.56 Å². The van der Waals surface area contributed by atoms with Crippen LogP contribution in [0.5, 0.6) is 0 Å². The Kier molecular flexibility index (Phi) is 2.36. The van der Waals surface area contributed by atoms with E-state index in [0.29, 0.717) is 12.0 Å². The van der Waals surface area contributed by atoms with Crippen LogP contribution in [0.15, 0.2) is 18.2 Å². The Hall–Kier alpha value is -1.55.